The Labute approximate surface area is 122 Å². The zero-order valence-electron chi connectivity index (χ0n) is 11.5. The second kappa shape index (κ2) is 5.13. The summed E-state index contributed by atoms with van der Waals surface area (Å²) in [5.74, 6) is 0.245. The van der Waals surface area contributed by atoms with Crippen molar-refractivity contribution in [1.29, 1.82) is 5.26 Å². The van der Waals surface area contributed by atoms with Crippen LogP contribution in [0.5, 0.6) is 0 Å². The van der Waals surface area contributed by atoms with Crippen molar-refractivity contribution < 1.29 is 4.39 Å². The van der Waals surface area contributed by atoms with Gasteiger partial charge in [0.15, 0.2) is 5.82 Å². The highest BCUT2D eigenvalue weighted by Crippen LogP contribution is 2.37. The maximum absolute atomic E-state index is 14.3. The number of hydrogen-bond acceptors (Lipinski definition) is 2. The lowest BCUT2D eigenvalue weighted by Gasteiger charge is -2.27. The fraction of sp³-hybridized carbons (Fsp3) is 0.533. The molecule has 0 spiro atoms. The molecular weight excluding hydrogens is 307 g/mol. The van der Waals surface area contributed by atoms with Gasteiger partial charge >= 0.3 is 0 Å². The molecule has 1 unspecified atom stereocenters. The van der Waals surface area contributed by atoms with Gasteiger partial charge in [0.25, 0.3) is 0 Å². The van der Waals surface area contributed by atoms with Crippen molar-refractivity contribution in [1.82, 2.24) is 0 Å². The zero-order chi connectivity index (χ0) is 14.2. The SMILES string of the molecule is CC(C)(C)C1CCN(c2ccc(C#N)c(Br)c2F)C1. The van der Waals surface area contributed by atoms with Crippen LogP contribution in [0.25, 0.3) is 0 Å². The number of nitriles is 1. The van der Waals surface area contributed by atoms with Gasteiger partial charge in [-0.25, -0.2) is 4.39 Å². The first-order chi connectivity index (χ1) is 8.84. The van der Waals surface area contributed by atoms with Crippen LogP contribution in [0.1, 0.15) is 32.8 Å². The molecule has 1 aromatic rings. The fourth-order valence-corrected chi connectivity index (χ4v) is 2.98. The lowest BCUT2D eigenvalue weighted by atomic mass is 9.80. The molecule has 1 atom stereocenters. The fourth-order valence-electron chi connectivity index (χ4n) is 2.56. The van der Waals surface area contributed by atoms with Gasteiger partial charge in [0.1, 0.15) is 6.07 Å². The minimum Gasteiger partial charge on any atom is -0.369 e. The first-order valence-electron chi connectivity index (χ1n) is 6.47. The Bertz CT molecular complexity index is 528. The normalized spacial score (nSPS) is 19.6. The summed E-state index contributed by atoms with van der Waals surface area (Å²) in [7, 11) is 0. The monoisotopic (exact) mass is 324 g/mol. The predicted molar refractivity (Wildman–Crippen MR) is 78.6 cm³/mol. The van der Waals surface area contributed by atoms with E-state index in [0.29, 0.717) is 17.2 Å². The summed E-state index contributed by atoms with van der Waals surface area (Å²) in [4.78, 5) is 2.08. The van der Waals surface area contributed by atoms with Crippen LogP contribution in [-0.2, 0) is 0 Å². The molecule has 0 bridgehead atoms. The Kier molecular flexibility index (Phi) is 3.87. The highest BCUT2D eigenvalue weighted by molar-refractivity contribution is 9.10. The molecule has 0 N–H and O–H groups in total. The van der Waals surface area contributed by atoms with Crippen molar-refractivity contribution in [2.75, 3.05) is 18.0 Å². The summed E-state index contributed by atoms with van der Waals surface area (Å²) in [6.45, 7) is 8.43. The smallest absolute Gasteiger partial charge is 0.161 e. The third-order valence-corrected chi connectivity index (χ3v) is 4.71. The van der Waals surface area contributed by atoms with Crippen LogP contribution in [0.2, 0.25) is 0 Å². The molecule has 0 radical (unpaired) electrons. The quantitative estimate of drug-likeness (QED) is 0.768. The van der Waals surface area contributed by atoms with Crippen LogP contribution in [0, 0.1) is 28.5 Å². The Morgan fingerprint density at radius 2 is 2.11 bits per heavy atom. The Morgan fingerprint density at radius 3 is 2.63 bits per heavy atom. The molecule has 19 heavy (non-hydrogen) atoms. The lowest BCUT2D eigenvalue weighted by molar-refractivity contribution is 0.263. The number of benzene rings is 1. The molecule has 1 aliphatic rings. The van der Waals surface area contributed by atoms with Crippen molar-refractivity contribution in [3.63, 3.8) is 0 Å². The van der Waals surface area contributed by atoms with Crippen molar-refractivity contribution in [3.05, 3.63) is 28.0 Å². The summed E-state index contributed by atoms with van der Waals surface area (Å²) < 4.78 is 14.6. The van der Waals surface area contributed by atoms with Crippen LogP contribution in [0.3, 0.4) is 0 Å². The molecule has 1 heterocycles. The molecule has 2 nitrogen and oxygen atoms in total. The van der Waals surface area contributed by atoms with Gasteiger partial charge in [-0.05, 0) is 45.8 Å². The largest absolute Gasteiger partial charge is 0.369 e. The number of nitrogens with zero attached hydrogens (tertiary/aromatic N) is 2. The van der Waals surface area contributed by atoms with E-state index >= 15 is 0 Å². The lowest BCUT2D eigenvalue weighted by Crippen LogP contribution is -2.26. The molecule has 0 aliphatic carbocycles. The third-order valence-electron chi connectivity index (χ3n) is 3.94. The van der Waals surface area contributed by atoms with E-state index in [1.54, 1.807) is 12.1 Å². The van der Waals surface area contributed by atoms with Gasteiger partial charge in [-0.1, -0.05) is 20.8 Å². The molecular formula is C15H18BrFN2. The van der Waals surface area contributed by atoms with Gasteiger partial charge in [0, 0.05) is 13.1 Å². The van der Waals surface area contributed by atoms with E-state index in [9.17, 15) is 4.39 Å². The number of hydrogen-bond donors (Lipinski definition) is 0. The maximum Gasteiger partial charge on any atom is 0.161 e. The summed E-state index contributed by atoms with van der Waals surface area (Å²) in [5.41, 5.74) is 1.18. The van der Waals surface area contributed by atoms with E-state index in [0.717, 1.165) is 19.5 Å². The van der Waals surface area contributed by atoms with Crippen LogP contribution < -0.4 is 4.90 Å². The Hall–Kier alpha value is -1.08. The average molecular weight is 325 g/mol. The Balaban J connectivity index is 2.26. The van der Waals surface area contributed by atoms with E-state index in [2.05, 4.69) is 41.6 Å². The highest BCUT2D eigenvalue weighted by atomic mass is 79.9. The maximum atomic E-state index is 14.3. The van der Waals surface area contributed by atoms with Gasteiger partial charge in [-0.15, -0.1) is 0 Å². The van der Waals surface area contributed by atoms with Crippen LogP contribution >= 0.6 is 15.9 Å². The van der Waals surface area contributed by atoms with E-state index in [1.165, 1.54) is 0 Å². The second-order valence-electron chi connectivity index (χ2n) is 6.17. The zero-order valence-corrected chi connectivity index (χ0v) is 13.1. The molecule has 102 valence electrons. The summed E-state index contributed by atoms with van der Waals surface area (Å²) in [6, 6.07) is 5.37. The van der Waals surface area contributed by atoms with E-state index in [1.807, 2.05) is 6.07 Å². The van der Waals surface area contributed by atoms with E-state index in [-0.39, 0.29) is 15.7 Å². The summed E-state index contributed by atoms with van der Waals surface area (Å²) in [5, 5.41) is 8.89. The first kappa shape index (κ1) is 14.3. The van der Waals surface area contributed by atoms with E-state index in [4.69, 9.17) is 5.26 Å². The summed E-state index contributed by atoms with van der Waals surface area (Å²) >= 11 is 3.17. The molecule has 1 aliphatic heterocycles. The minimum atomic E-state index is -0.325. The summed E-state index contributed by atoms with van der Waals surface area (Å²) in [6.07, 6.45) is 1.08. The van der Waals surface area contributed by atoms with Crippen LogP contribution in [-0.4, -0.2) is 13.1 Å². The molecule has 4 heteroatoms. The Morgan fingerprint density at radius 1 is 1.42 bits per heavy atom. The van der Waals surface area contributed by atoms with Crippen LogP contribution in [0.4, 0.5) is 10.1 Å². The van der Waals surface area contributed by atoms with Gasteiger partial charge in [0.05, 0.1) is 15.7 Å². The van der Waals surface area contributed by atoms with Gasteiger partial charge < -0.3 is 4.90 Å². The standard InChI is InChI=1S/C15H18BrFN2/c1-15(2,3)11-6-7-19(9-11)12-5-4-10(8-18)13(16)14(12)17/h4-5,11H,6-7,9H2,1-3H3. The van der Waals surface area contributed by atoms with E-state index < -0.39 is 0 Å². The van der Waals surface area contributed by atoms with Crippen molar-refractivity contribution in [3.8, 4) is 6.07 Å². The first-order valence-corrected chi connectivity index (χ1v) is 7.27. The highest BCUT2D eigenvalue weighted by Gasteiger charge is 2.33. The second-order valence-corrected chi connectivity index (χ2v) is 6.96. The minimum absolute atomic E-state index is 0.245. The van der Waals surface area contributed by atoms with Gasteiger partial charge in [-0.2, -0.15) is 5.26 Å². The predicted octanol–water partition coefficient (Wildman–Crippen LogP) is 4.33. The third kappa shape index (κ3) is 2.76. The molecule has 2 rings (SSSR count). The number of halogens is 2. The number of anilines is 1. The number of rotatable bonds is 1. The molecule has 0 amide bonds. The van der Waals surface area contributed by atoms with Crippen molar-refractivity contribution in [2.24, 2.45) is 11.3 Å². The molecule has 1 aromatic carbocycles. The molecule has 0 saturated carbocycles. The average Bonchev–Trinajstić information content (AvgIpc) is 2.81. The molecule has 1 fully saturated rings. The van der Waals surface area contributed by atoms with Crippen LogP contribution in [0.15, 0.2) is 16.6 Å². The van der Waals surface area contributed by atoms with Crippen molar-refractivity contribution in [2.45, 2.75) is 27.2 Å². The van der Waals surface area contributed by atoms with Crippen molar-refractivity contribution >= 4 is 21.6 Å². The molecule has 0 aromatic heterocycles. The molecule has 1 saturated heterocycles. The van der Waals surface area contributed by atoms with Gasteiger partial charge in [0.2, 0.25) is 0 Å². The topological polar surface area (TPSA) is 27.0 Å². The van der Waals surface area contributed by atoms with Gasteiger partial charge in [-0.3, -0.25) is 0 Å².